The molecule has 19 heavy (non-hydrogen) atoms. The van der Waals surface area contributed by atoms with Crippen LogP contribution in [0.15, 0.2) is 27.0 Å². The van der Waals surface area contributed by atoms with Gasteiger partial charge in [-0.3, -0.25) is 0 Å². The number of nitrogens with zero attached hydrogens (tertiary/aromatic N) is 6. The van der Waals surface area contributed by atoms with Crippen LogP contribution in [0.5, 0.6) is 0 Å². The lowest BCUT2D eigenvalue weighted by Gasteiger charge is -1.99. The smallest absolute Gasteiger partial charge is 0.215 e. The first-order chi connectivity index (χ1) is 9.35. The fraction of sp³-hybridized carbons (Fsp3) is 0.300. The summed E-state index contributed by atoms with van der Waals surface area (Å²) in [6.45, 7) is 2.73. The van der Waals surface area contributed by atoms with Crippen LogP contribution in [0, 0.1) is 0 Å². The summed E-state index contributed by atoms with van der Waals surface area (Å²) in [6, 6.07) is 4.09. The normalized spacial score (nSPS) is 11.0. The second-order valence-corrected chi connectivity index (χ2v) is 6.63. The zero-order valence-corrected chi connectivity index (χ0v) is 12.5. The summed E-state index contributed by atoms with van der Waals surface area (Å²) in [5, 5.41) is 14.6. The van der Waals surface area contributed by atoms with Crippen molar-refractivity contribution in [3.8, 4) is 0 Å². The predicted molar refractivity (Wildman–Crippen MR) is 74.6 cm³/mol. The standard InChI is InChI=1S/C10H10N6S3/c1-2-8-11-10(19-13-8)18-9-12-14-15-16(9)6-7-4-3-5-17-7/h3-5H,2,6H2,1H3. The highest BCUT2D eigenvalue weighted by atomic mass is 32.2. The molecule has 9 heteroatoms. The van der Waals surface area contributed by atoms with E-state index in [0.717, 1.165) is 21.7 Å². The minimum Gasteiger partial charge on any atom is -0.215 e. The third kappa shape index (κ3) is 2.99. The molecule has 98 valence electrons. The third-order valence-electron chi connectivity index (χ3n) is 2.33. The quantitative estimate of drug-likeness (QED) is 0.720. The van der Waals surface area contributed by atoms with Crippen LogP contribution >= 0.6 is 34.6 Å². The zero-order valence-electron chi connectivity index (χ0n) is 10.1. The first-order valence-electron chi connectivity index (χ1n) is 5.64. The van der Waals surface area contributed by atoms with Gasteiger partial charge in [-0.25, -0.2) is 9.67 Å². The van der Waals surface area contributed by atoms with Crippen LogP contribution < -0.4 is 0 Å². The second kappa shape index (κ2) is 5.76. The Kier molecular flexibility index (Phi) is 3.85. The highest BCUT2D eigenvalue weighted by molar-refractivity contribution is 8.00. The molecular formula is C10H10N6S3. The van der Waals surface area contributed by atoms with Crippen molar-refractivity contribution in [3.05, 3.63) is 28.2 Å². The highest BCUT2D eigenvalue weighted by Crippen LogP contribution is 2.27. The van der Waals surface area contributed by atoms with Gasteiger partial charge in [0.05, 0.1) is 6.54 Å². The second-order valence-electron chi connectivity index (χ2n) is 3.63. The molecule has 0 saturated carbocycles. The van der Waals surface area contributed by atoms with Gasteiger partial charge in [0.1, 0.15) is 5.82 Å². The van der Waals surface area contributed by atoms with Crippen LogP contribution in [0.3, 0.4) is 0 Å². The summed E-state index contributed by atoms with van der Waals surface area (Å²) >= 11 is 4.53. The van der Waals surface area contributed by atoms with Gasteiger partial charge < -0.3 is 0 Å². The van der Waals surface area contributed by atoms with E-state index in [4.69, 9.17) is 0 Å². The Morgan fingerprint density at radius 1 is 1.42 bits per heavy atom. The van der Waals surface area contributed by atoms with E-state index in [1.165, 1.54) is 28.2 Å². The molecule has 0 atom stereocenters. The Morgan fingerprint density at radius 2 is 2.37 bits per heavy atom. The number of aryl methyl sites for hydroxylation is 1. The Balaban J connectivity index is 1.76. The molecule has 0 aromatic carbocycles. The van der Waals surface area contributed by atoms with Crippen molar-refractivity contribution in [1.29, 1.82) is 0 Å². The van der Waals surface area contributed by atoms with E-state index < -0.39 is 0 Å². The van der Waals surface area contributed by atoms with Crippen LogP contribution in [-0.2, 0) is 13.0 Å². The van der Waals surface area contributed by atoms with E-state index in [9.17, 15) is 0 Å². The maximum Gasteiger partial charge on any atom is 0.216 e. The van der Waals surface area contributed by atoms with E-state index >= 15 is 0 Å². The van der Waals surface area contributed by atoms with Gasteiger partial charge in [-0.2, -0.15) is 4.37 Å². The molecule has 0 aliphatic rings. The molecule has 0 radical (unpaired) electrons. The lowest BCUT2D eigenvalue weighted by Crippen LogP contribution is -2.02. The van der Waals surface area contributed by atoms with Gasteiger partial charge in [0.15, 0.2) is 4.34 Å². The Bertz CT molecular complexity index is 644. The van der Waals surface area contributed by atoms with E-state index in [1.54, 1.807) is 16.0 Å². The molecule has 0 amide bonds. The molecule has 0 unspecified atom stereocenters. The molecule has 3 heterocycles. The van der Waals surface area contributed by atoms with Crippen LogP contribution in [0.2, 0.25) is 0 Å². The molecule has 3 rings (SSSR count). The minimum atomic E-state index is 0.687. The number of aromatic nitrogens is 6. The first kappa shape index (κ1) is 12.7. The molecule has 3 aromatic heterocycles. The molecule has 0 fully saturated rings. The molecule has 3 aromatic rings. The molecule has 0 saturated heterocycles. The number of hydrogen-bond acceptors (Lipinski definition) is 8. The van der Waals surface area contributed by atoms with Gasteiger partial charge in [-0.15, -0.1) is 16.4 Å². The van der Waals surface area contributed by atoms with Gasteiger partial charge in [0.2, 0.25) is 5.16 Å². The van der Waals surface area contributed by atoms with Crippen molar-refractivity contribution in [2.45, 2.75) is 29.4 Å². The fourth-order valence-electron chi connectivity index (χ4n) is 1.42. The number of hydrogen-bond donors (Lipinski definition) is 0. The summed E-state index contributed by atoms with van der Waals surface area (Å²) in [5.41, 5.74) is 0. The Hall–Kier alpha value is -1.32. The maximum atomic E-state index is 4.41. The third-order valence-corrected chi connectivity index (χ3v) is 4.95. The first-order valence-corrected chi connectivity index (χ1v) is 8.11. The van der Waals surface area contributed by atoms with Gasteiger partial charge in [0.25, 0.3) is 0 Å². The molecule has 0 aliphatic heterocycles. The molecule has 6 nitrogen and oxygen atoms in total. The SMILES string of the molecule is CCc1nsc(Sc2nnnn2Cc2cccs2)n1. The van der Waals surface area contributed by atoms with E-state index in [0.29, 0.717) is 6.54 Å². The van der Waals surface area contributed by atoms with Gasteiger partial charge >= 0.3 is 0 Å². The summed E-state index contributed by atoms with van der Waals surface area (Å²) in [4.78, 5) is 5.63. The number of rotatable bonds is 5. The summed E-state index contributed by atoms with van der Waals surface area (Å²) in [5.74, 6) is 0.866. The van der Waals surface area contributed by atoms with Crippen molar-refractivity contribution < 1.29 is 0 Å². The maximum absolute atomic E-state index is 4.41. The lowest BCUT2D eigenvalue weighted by atomic mass is 10.5. The average molecular weight is 310 g/mol. The summed E-state index contributed by atoms with van der Waals surface area (Å²) < 4.78 is 6.91. The molecule has 0 bridgehead atoms. The minimum absolute atomic E-state index is 0.687. The zero-order chi connectivity index (χ0) is 13.1. The number of tetrazole rings is 1. The van der Waals surface area contributed by atoms with Crippen molar-refractivity contribution in [2.24, 2.45) is 0 Å². The van der Waals surface area contributed by atoms with Crippen LogP contribution in [0.1, 0.15) is 17.6 Å². The Morgan fingerprint density at radius 3 is 3.11 bits per heavy atom. The van der Waals surface area contributed by atoms with E-state index in [1.807, 2.05) is 18.4 Å². The van der Waals surface area contributed by atoms with Crippen LogP contribution in [-0.4, -0.2) is 29.6 Å². The van der Waals surface area contributed by atoms with Crippen LogP contribution in [0.4, 0.5) is 0 Å². The molecule has 0 N–H and O–H groups in total. The molecule has 0 aliphatic carbocycles. The van der Waals surface area contributed by atoms with E-state index in [-0.39, 0.29) is 0 Å². The largest absolute Gasteiger partial charge is 0.216 e. The van der Waals surface area contributed by atoms with E-state index in [2.05, 4.69) is 30.9 Å². The number of thiophene rings is 1. The predicted octanol–water partition coefficient (Wildman–Crippen LogP) is 2.35. The molecular weight excluding hydrogens is 300 g/mol. The van der Waals surface area contributed by atoms with Crippen molar-refractivity contribution in [1.82, 2.24) is 29.6 Å². The van der Waals surface area contributed by atoms with Gasteiger partial charge in [-0.1, -0.05) is 13.0 Å². The molecule has 0 spiro atoms. The summed E-state index contributed by atoms with van der Waals surface area (Å²) in [7, 11) is 0. The van der Waals surface area contributed by atoms with Crippen molar-refractivity contribution in [2.75, 3.05) is 0 Å². The summed E-state index contributed by atoms with van der Waals surface area (Å²) in [6.07, 6.45) is 0.844. The van der Waals surface area contributed by atoms with Crippen LogP contribution in [0.25, 0.3) is 0 Å². The van der Waals surface area contributed by atoms with Gasteiger partial charge in [0, 0.05) is 11.3 Å². The van der Waals surface area contributed by atoms with Crippen molar-refractivity contribution >= 4 is 34.6 Å². The van der Waals surface area contributed by atoms with Crippen molar-refractivity contribution in [3.63, 3.8) is 0 Å². The highest BCUT2D eigenvalue weighted by Gasteiger charge is 2.12. The fourth-order valence-corrected chi connectivity index (χ4v) is 3.68. The lowest BCUT2D eigenvalue weighted by molar-refractivity contribution is 0.608. The average Bonchev–Trinajstić information content (AvgIpc) is 3.14. The monoisotopic (exact) mass is 310 g/mol. The Labute approximate surface area is 122 Å². The topological polar surface area (TPSA) is 69.4 Å². The van der Waals surface area contributed by atoms with Gasteiger partial charge in [-0.05, 0) is 45.2 Å².